The number of rotatable bonds is 9. The molecule has 0 aliphatic carbocycles. The molecule has 96 valence electrons. The standard InChI is InChI=1S/C12H27N3O/c1-16-12-11-15(10-5-13)9-4-8-14-6-2-3-7-14/h2-13H2,1H3. The molecule has 0 saturated carbocycles. The third-order valence-electron chi connectivity index (χ3n) is 3.20. The van der Waals surface area contributed by atoms with Crippen molar-refractivity contribution in [3.05, 3.63) is 0 Å². The molecule has 4 nitrogen and oxygen atoms in total. The van der Waals surface area contributed by atoms with E-state index in [4.69, 9.17) is 10.5 Å². The summed E-state index contributed by atoms with van der Waals surface area (Å²) >= 11 is 0. The summed E-state index contributed by atoms with van der Waals surface area (Å²) < 4.78 is 5.11. The predicted octanol–water partition coefficient (Wildman–Crippen LogP) is 0.379. The molecule has 0 unspecified atom stereocenters. The van der Waals surface area contributed by atoms with E-state index in [2.05, 4.69) is 9.80 Å². The molecule has 0 aromatic heterocycles. The van der Waals surface area contributed by atoms with Crippen LogP contribution in [0.5, 0.6) is 0 Å². The first-order chi connectivity index (χ1) is 7.86. The van der Waals surface area contributed by atoms with E-state index in [-0.39, 0.29) is 0 Å². The van der Waals surface area contributed by atoms with Crippen LogP contribution in [0.3, 0.4) is 0 Å². The molecular weight excluding hydrogens is 202 g/mol. The molecule has 16 heavy (non-hydrogen) atoms. The van der Waals surface area contributed by atoms with Gasteiger partial charge in [0.1, 0.15) is 0 Å². The van der Waals surface area contributed by atoms with Gasteiger partial charge in [-0.25, -0.2) is 0 Å². The Bertz CT molecular complexity index is 160. The molecule has 0 atom stereocenters. The number of nitrogens with two attached hydrogens (primary N) is 1. The first-order valence-electron chi connectivity index (χ1n) is 6.50. The number of ether oxygens (including phenoxy) is 1. The zero-order valence-corrected chi connectivity index (χ0v) is 10.7. The lowest BCUT2D eigenvalue weighted by Gasteiger charge is -2.22. The van der Waals surface area contributed by atoms with Crippen molar-refractivity contribution >= 4 is 0 Å². The van der Waals surface area contributed by atoms with Crippen LogP contribution in [0.1, 0.15) is 19.3 Å². The molecule has 0 bridgehead atoms. The van der Waals surface area contributed by atoms with Crippen molar-refractivity contribution in [1.82, 2.24) is 9.80 Å². The number of nitrogens with zero attached hydrogens (tertiary/aromatic N) is 2. The molecule has 0 aromatic carbocycles. The molecule has 4 heteroatoms. The van der Waals surface area contributed by atoms with E-state index in [1.54, 1.807) is 7.11 Å². The summed E-state index contributed by atoms with van der Waals surface area (Å²) in [6.45, 7) is 8.54. The van der Waals surface area contributed by atoms with E-state index in [9.17, 15) is 0 Å². The molecule has 1 aliphatic heterocycles. The summed E-state index contributed by atoms with van der Waals surface area (Å²) in [5.41, 5.74) is 5.60. The van der Waals surface area contributed by atoms with Crippen LogP contribution in [0.2, 0.25) is 0 Å². The highest BCUT2D eigenvalue weighted by Gasteiger charge is 2.11. The summed E-state index contributed by atoms with van der Waals surface area (Å²) in [5.74, 6) is 0. The van der Waals surface area contributed by atoms with Crippen LogP contribution in [-0.4, -0.2) is 69.3 Å². The fourth-order valence-electron chi connectivity index (χ4n) is 2.26. The molecule has 1 fully saturated rings. The smallest absolute Gasteiger partial charge is 0.0589 e. The lowest BCUT2D eigenvalue weighted by Crippen LogP contribution is -2.34. The maximum Gasteiger partial charge on any atom is 0.0589 e. The van der Waals surface area contributed by atoms with Gasteiger partial charge in [-0.05, 0) is 45.4 Å². The molecule has 0 radical (unpaired) electrons. The maximum atomic E-state index is 5.60. The van der Waals surface area contributed by atoms with Crippen molar-refractivity contribution < 1.29 is 4.74 Å². The van der Waals surface area contributed by atoms with Gasteiger partial charge in [0, 0.05) is 26.7 Å². The van der Waals surface area contributed by atoms with Crippen LogP contribution in [-0.2, 0) is 4.74 Å². The molecule has 0 amide bonds. The van der Waals surface area contributed by atoms with Crippen molar-refractivity contribution in [2.45, 2.75) is 19.3 Å². The average molecular weight is 229 g/mol. The normalized spacial score (nSPS) is 17.4. The van der Waals surface area contributed by atoms with Crippen molar-refractivity contribution in [2.75, 3.05) is 59.5 Å². The Morgan fingerprint density at radius 3 is 2.56 bits per heavy atom. The van der Waals surface area contributed by atoms with Crippen LogP contribution in [0.25, 0.3) is 0 Å². The van der Waals surface area contributed by atoms with Crippen molar-refractivity contribution in [1.29, 1.82) is 0 Å². The van der Waals surface area contributed by atoms with Crippen LogP contribution < -0.4 is 5.73 Å². The summed E-state index contributed by atoms with van der Waals surface area (Å²) in [6.07, 6.45) is 4.02. The minimum Gasteiger partial charge on any atom is -0.383 e. The third kappa shape index (κ3) is 5.80. The molecule has 1 heterocycles. The monoisotopic (exact) mass is 229 g/mol. The van der Waals surface area contributed by atoms with Crippen LogP contribution in [0, 0.1) is 0 Å². The maximum absolute atomic E-state index is 5.60. The number of hydrogen-bond acceptors (Lipinski definition) is 4. The van der Waals surface area contributed by atoms with Crippen molar-refractivity contribution in [3.63, 3.8) is 0 Å². The molecule has 1 rings (SSSR count). The zero-order chi connectivity index (χ0) is 11.6. The van der Waals surface area contributed by atoms with E-state index in [0.717, 1.165) is 32.8 Å². The van der Waals surface area contributed by atoms with Crippen molar-refractivity contribution in [2.24, 2.45) is 5.73 Å². The molecule has 2 N–H and O–H groups in total. The fourth-order valence-corrected chi connectivity index (χ4v) is 2.26. The van der Waals surface area contributed by atoms with Gasteiger partial charge in [-0.2, -0.15) is 0 Å². The highest BCUT2D eigenvalue weighted by Crippen LogP contribution is 2.07. The predicted molar refractivity (Wildman–Crippen MR) is 67.7 cm³/mol. The fraction of sp³-hybridized carbons (Fsp3) is 1.00. The zero-order valence-electron chi connectivity index (χ0n) is 10.7. The molecule has 1 saturated heterocycles. The van der Waals surface area contributed by atoms with E-state index >= 15 is 0 Å². The molecule has 0 aromatic rings. The summed E-state index contributed by atoms with van der Waals surface area (Å²) in [6, 6.07) is 0. The lowest BCUT2D eigenvalue weighted by atomic mass is 10.3. The van der Waals surface area contributed by atoms with Gasteiger partial charge in [0.05, 0.1) is 6.61 Å². The number of likely N-dealkylation sites (tertiary alicyclic amines) is 1. The Morgan fingerprint density at radius 2 is 1.94 bits per heavy atom. The second kappa shape index (κ2) is 8.93. The lowest BCUT2D eigenvalue weighted by molar-refractivity contribution is 0.146. The highest BCUT2D eigenvalue weighted by molar-refractivity contribution is 4.67. The first-order valence-corrected chi connectivity index (χ1v) is 6.50. The topological polar surface area (TPSA) is 41.7 Å². The molecular formula is C12H27N3O. The van der Waals surface area contributed by atoms with Gasteiger partial charge in [-0.3, -0.25) is 4.90 Å². The Hall–Kier alpha value is -0.160. The Balaban J connectivity index is 2.05. The number of hydrogen-bond donors (Lipinski definition) is 1. The Kier molecular flexibility index (Phi) is 7.76. The van der Waals surface area contributed by atoms with Crippen molar-refractivity contribution in [3.8, 4) is 0 Å². The minimum absolute atomic E-state index is 0.743. The van der Waals surface area contributed by atoms with Crippen LogP contribution in [0.15, 0.2) is 0 Å². The SMILES string of the molecule is COCCN(CCN)CCCN1CCCC1. The van der Waals surface area contributed by atoms with Gasteiger partial charge in [-0.1, -0.05) is 0 Å². The Labute approximate surface area is 99.7 Å². The molecule has 1 aliphatic rings. The third-order valence-corrected chi connectivity index (χ3v) is 3.20. The quantitative estimate of drug-likeness (QED) is 0.621. The number of methoxy groups -OCH3 is 1. The van der Waals surface area contributed by atoms with E-state index in [1.165, 1.54) is 38.9 Å². The largest absolute Gasteiger partial charge is 0.383 e. The van der Waals surface area contributed by atoms with Gasteiger partial charge in [0.2, 0.25) is 0 Å². The van der Waals surface area contributed by atoms with Gasteiger partial charge >= 0.3 is 0 Å². The summed E-state index contributed by atoms with van der Waals surface area (Å²) in [5, 5.41) is 0. The first kappa shape index (κ1) is 13.9. The van der Waals surface area contributed by atoms with Gasteiger partial charge in [-0.15, -0.1) is 0 Å². The highest BCUT2D eigenvalue weighted by atomic mass is 16.5. The second-order valence-corrected chi connectivity index (χ2v) is 4.53. The van der Waals surface area contributed by atoms with E-state index in [1.807, 2.05) is 0 Å². The summed E-state index contributed by atoms with van der Waals surface area (Å²) in [7, 11) is 1.75. The Morgan fingerprint density at radius 1 is 1.19 bits per heavy atom. The minimum atomic E-state index is 0.743. The van der Waals surface area contributed by atoms with Gasteiger partial charge < -0.3 is 15.4 Å². The molecule has 0 spiro atoms. The average Bonchev–Trinajstić information content (AvgIpc) is 2.79. The van der Waals surface area contributed by atoms with Gasteiger partial charge in [0.25, 0.3) is 0 Å². The van der Waals surface area contributed by atoms with Gasteiger partial charge in [0.15, 0.2) is 0 Å². The van der Waals surface area contributed by atoms with E-state index < -0.39 is 0 Å². The van der Waals surface area contributed by atoms with Crippen LogP contribution >= 0.6 is 0 Å². The van der Waals surface area contributed by atoms with E-state index in [0.29, 0.717) is 0 Å². The van der Waals surface area contributed by atoms with Crippen LogP contribution in [0.4, 0.5) is 0 Å². The summed E-state index contributed by atoms with van der Waals surface area (Å²) in [4.78, 5) is 4.97. The second-order valence-electron chi connectivity index (χ2n) is 4.53.